The van der Waals surface area contributed by atoms with Gasteiger partial charge < -0.3 is 28.4 Å². The van der Waals surface area contributed by atoms with Crippen LogP contribution in [0.25, 0.3) is 0 Å². The van der Waals surface area contributed by atoms with Crippen LogP contribution in [0.2, 0.25) is 0 Å². The first-order valence-electron chi connectivity index (χ1n) is 13.4. The number of esters is 6. The summed E-state index contributed by atoms with van der Waals surface area (Å²) < 4.78 is 63.5. The SMILES string of the molecule is CC(=O)OC1C(OC(C)=O)C(OC(C)=O)C(CCCOS(=O)(=O)c2ccc(C)cc2)(OC(C)=O)[C@@H](OC(C)=O)C1OC(C)=O. The molecule has 0 heterocycles. The molecule has 0 spiro atoms. The van der Waals surface area contributed by atoms with Gasteiger partial charge in [-0.1, -0.05) is 17.7 Å². The van der Waals surface area contributed by atoms with Crippen molar-refractivity contribution in [2.45, 2.75) is 102 Å². The minimum Gasteiger partial charge on any atom is -0.454 e. The lowest BCUT2D eigenvalue weighted by Crippen LogP contribution is -2.75. The van der Waals surface area contributed by atoms with Crippen molar-refractivity contribution in [2.24, 2.45) is 0 Å². The molecule has 44 heavy (non-hydrogen) atoms. The van der Waals surface area contributed by atoms with Crippen molar-refractivity contribution in [1.82, 2.24) is 0 Å². The van der Waals surface area contributed by atoms with Crippen LogP contribution < -0.4 is 0 Å². The number of benzene rings is 1. The summed E-state index contributed by atoms with van der Waals surface area (Å²) in [5, 5.41) is 0. The van der Waals surface area contributed by atoms with Crippen molar-refractivity contribution in [3.8, 4) is 0 Å². The van der Waals surface area contributed by atoms with Gasteiger partial charge in [-0.05, 0) is 31.9 Å². The first-order chi connectivity index (χ1) is 20.4. The van der Waals surface area contributed by atoms with Crippen LogP contribution in [-0.2, 0) is 71.5 Å². The molecule has 1 fully saturated rings. The fourth-order valence-corrected chi connectivity index (χ4v) is 5.86. The lowest BCUT2D eigenvalue weighted by atomic mass is 9.71. The maximum atomic E-state index is 12.8. The molecule has 6 atom stereocenters. The minimum absolute atomic E-state index is 0.125. The zero-order valence-corrected chi connectivity index (χ0v) is 26.2. The monoisotopic (exact) mass is 644 g/mol. The van der Waals surface area contributed by atoms with Gasteiger partial charge in [-0.25, -0.2) is 0 Å². The fourth-order valence-electron chi connectivity index (χ4n) is 4.92. The number of hydrogen-bond acceptors (Lipinski definition) is 15. The fraction of sp³-hybridized carbons (Fsp3) is 0.571. The average Bonchev–Trinajstić information content (AvgIpc) is 2.87. The summed E-state index contributed by atoms with van der Waals surface area (Å²) in [4.78, 5) is 73.8. The molecule has 0 saturated heterocycles. The van der Waals surface area contributed by atoms with Crippen molar-refractivity contribution in [3.63, 3.8) is 0 Å². The maximum Gasteiger partial charge on any atom is 0.303 e. The molecule has 16 heteroatoms. The van der Waals surface area contributed by atoms with E-state index in [9.17, 15) is 37.2 Å². The summed E-state index contributed by atoms with van der Waals surface area (Å²) in [5.41, 5.74) is -1.48. The molecule has 0 aromatic heterocycles. The van der Waals surface area contributed by atoms with Crippen molar-refractivity contribution >= 4 is 45.9 Å². The van der Waals surface area contributed by atoms with Gasteiger partial charge in [-0.15, -0.1) is 0 Å². The van der Waals surface area contributed by atoms with Crippen molar-refractivity contribution in [3.05, 3.63) is 29.8 Å². The Balaban J connectivity index is 2.71. The highest BCUT2D eigenvalue weighted by atomic mass is 32.2. The first-order valence-corrected chi connectivity index (χ1v) is 14.8. The van der Waals surface area contributed by atoms with E-state index in [-0.39, 0.29) is 11.3 Å². The molecule has 5 unspecified atom stereocenters. The molecule has 1 saturated carbocycles. The van der Waals surface area contributed by atoms with E-state index >= 15 is 0 Å². The summed E-state index contributed by atoms with van der Waals surface area (Å²) in [6.45, 7) is 7.20. The van der Waals surface area contributed by atoms with Gasteiger partial charge in [0.2, 0.25) is 0 Å². The molecular formula is C28H36O15S. The summed E-state index contributed by atoms with van der Waals surface area (Å²) >= 11 is 0. The third kappa shape index (κ3) is 9.47. The molecule has 0 radical (unpaired) electrons. The summed E-state index contributed by atoms with van der Waals surface area (Å²) in [7, 11) is -4.24. The molecule has 0 aliphatic heterocycles. The van der Waals surface area contributed by atoms with Gasteiger partial charge in [0.25, 0.3) is 10.1 Å². The van der Waals surface area contributed by atoms with Crippen LogP contribution in [-0.4, -0.2) is 87.0 Å². The van der Waals surface area contributed by atoms with Gasteiger partial charge in [0.1, 0.15) is 0 Å². The van der Waals surface area contributed by atoms with E-state index in [4.69, 9.17) is 32.6 Å². The second-order valence-electron chi connectivity index (χ2n) is 10.0. The number of carbonyl (C=O) groups is 6. The largest absolute Gasteiger partial charge is 0.454 e. The van der Waals surface area contributed by atoms with E-state index in [1.807, 2.05) is 0 Å². The van der Waals surface area contributed by atoms with Crippen LogP contribution in [0.15, 0.2) is 29.2 Å². The molecule has 1 aromatic carbocycles. The molecule has 244 valence electrons. The number of hydrogen-bond donors (Lipinski definition) is 0. The summed E-state index contributed by atoms with van der Waals surface area (Å²) in [5.74, 6) is -5.81. The van der Waals surface area contributed by atoms with Gasteiger partial charge >= 0.3 is 35.8 Å². The third-order valence-corrected chi connectivity index (χ3v) is 7.62. The Morgan fingerprint density at radius 3 is 1.43 bits per heavy atom. The molecule has 1 aliphatic rings. The molecule has 0 bridgehead atoms. The van der Waals surface area contributed by atoms with Crippen LogP contribution in [0.5, 0.6) is 0 Å². The molecular weight excluding hydrogens is 608 g/mol. The Morgan fingerprint density at radius 1 is 0.636 bits per heavy atom. The van der Waals surface area contributed by atoms with Gasteiger partial charge in [0.15, 0.2) is 36.1 Å². The standard InChI is InChI=1S/C28H36O15S/c1-15-9-11-22(12-10-15)44(35,36)37-14-8-13-28(43-21(7)34)26(41-19(5)32)24(39-17(3)30)23(38-16(2)29)25(40-18(4)31)27(28)42-20(6)33/h9-12,23-27H,8,13-14H2,1-7H3/t23?,24?,25?,26-,27?,28?/m0/s1. The summed E-state index contributed by atoms with van der Waals surface area (Å²) in [6, 6.07) is 5.85. The first kappa shape index (κ1) is 36.1. The second-order valence-corrected chi connectivity index (χ2v) is 11.6. The molecule has 2 rings (SSSR count). The number of rotatable bonds is 12. The number of carbonyl (C=O) groups excluding carboxylic acids is 6. The number of aryl methyl sites for hydroxylation is 1. The van der Waals surface area contributed by atoms with Crippen molar-refractivity contribution in [2.75, 3.05) is 6.61 Å². The summed E-state index contributed by atoms with van der Waals surface area (Å²) in [6.07, 6.45) is -9.65. The minimum atomic E-state index is -4.24. The third-order valence-electron chi connectivity index (χ3n) is 6.29. The van der Waals surface area contributed by atoms with Gasteiger partial charge in [-0.2, -0.15) is 8.42 Å². The number of ether oxygens (including phenoxy) is 6. The molecule has 1 aliphatic carbocycles. The molecule has 0 amide bonds. The highest BCUT2D eigenvalue weighted by molar-refractivity contribution is 7.86. The second kappa shape index (κ2) is 15.1. The van der Waals surface area contributed by atoms with Crippen LogP contribution in [0.1, 0.15) is 59.9 Å². The van der Waals surface area contributed by atoms with Crippen LogP contribution in [0.3, 0.4) is 0 Å². The van der Waals surface area contributed by atoms with Gasteiger partial charge in [0.05, 0.1) is 11.5 Å². The Morgan fingerprint density at radius 2 is 1.05 bits per heavy atom. The van der Waals surface area contributed by atoms with Crippen LogP contribution in [0, 0.1) is 6.92 Å². The van der Waals surface area contributed by atoms with E-state index in [2.05, 4.69) is 0 Å². The lowest BCUT2D eigenvalue weighted by molar-refractivity contribution is -0.291. The molecule has 1 aromatic rings. The van der Waals surface area contributed by atoms with E-state index < -0.39 is 95.1 Å². The topological polar surface area (TPSA) is 201 Å². The smallest absolute Gasteiger partial charge is 0.303 e. The van der Waals surface area contributed by atoms with Crippen LogP contribution in [0.4, 0.5) is 0 Å². The molecule has 15 nitrogen and oxygen atoms in total. The Labute approximate surface area is 254 Å². The highest BCUT2D eigenvalue weighted by Crippen LogP contribution is 2.44. The van der Waals surface area contributed by atoms with Crippen LogP contribution >= 0.6 is 0 Å². The Kier molecular flexibility index (Phi) is 12.4. The Bertz CT molecular complexity index is 1310. The normalized spacial score (nSPS) is 24.8. The quantitative estimate of drug-likeness (QED) is 0.137. The van der Waals surface area contributed by atoms with Gasteiger partial charge in [-0.3, -0.25) is 33.0 Å². The molecule has 0 N–H and O–H groups in total. The van der Waals surface area contributed by atoms with E-state index in [1.165, 1.54) is 12.1 Å². The van der Waals surface area contributed by atoms with Gasteiger partial charge in [0, 0.05) is 41.5 Å². The van der Waals surface area contributed by atoms with Crippen molar-refractivity contribution < 1.29 is 69.8 Å². The Hall–Kier alpha value is -4.05. The lowest BCUT2D eigenvalue weighted by Gasteiger charge is -2.53. The zero-order valence-electron chi connectivity index (χ0n) is 25.3. The van der Waals surface area contributed by atoms with E-state index in [0.29, 0.717) is 0 Å². The van der Waals surface area contributed by atoms with E-state index in [0.717, 1.165) is 47.1 Å². The average molecular weight is 645 g/mol. The predicted molar refractivity (Wildman–Crippen MR) is 146 cm³/mol. The predicted octanol–water partition coefficient (Wildman–Crippen LogP) is 1.45. The maximum absolute atomic E-state index is 12.8. The highest BCUT2D eigenvalue weighted by Gasteiger charge is 2.68. The van der Waals surface area contributed by atoms with Crippen molar-refractivity contribution in [1.29, 1.82) is 0 Å². The zero-order chi connectivity index (χ0) is 33.4. The van der Waals surface area contributed by atoms with E-state index in [1.54, 1.807) is 19.1 Å².